The zero-order valence-electron chi connectivity index (χ0n) is 8.01. The van der Waals surface area contributed by atoms with E-state index in [0.717, 1.165) is 12.5 Å². The van der Waals surface area contributed by atoms with Crippen LogP contribution in [0.5, 0.6) is 0 Å². The van der Waals surface area contributed by atoms with E-state index in [1.807, 2.05) is 13.8 Å². The van der Waals surface area contributed by atoms with E-state index in [2.05, 4.69) is 0 Å². The zero-order valence-corrected chi connectivity index (χ0v) is 8.01. The van der Waals surface area contributed by atoms with Crippen LogP contribution in [0.2, 0.25) is 0 Å². The molecular formula is C9H19NO2. The molecule has 0 aromatic rings. The average molecular weight is 173 g/mol. The molecule has 3 heteroatoms. The SMILES string of the molecule is CC(C)(CN)OCOCC1CC1. The number of hydrogen-bond acceptors (Lipinski definition) is 3. The lowest BCUT2D eigenvalue weighted by molar-refractivity contribution is -0.125. The number of nitrogens with two attached hydrogens (primary N) is 1. The van der Waals surface area contributed by atoms with Gasteiger partial charge in [-0.1, -0.05) is 0 Å². The van der Waals surface area contributed by atoms with Crippen LogP contribution in [-0.2, 0) is 9.47 Å². The summed E-state index contributed by atoms with van der Waals surface area (Å²) < 4.78 is 10.7. The van der Waals surface area contributed by atoms with Crippen LogP contribution in [0.4, 0.5) is 0 Å². The minimum absolute atomic E-state index is 0.246. The van der Waals surface area contributed by atoms with Gasteiger partial charge in [0.25, 0.3) is 0 Å². The third-order valence-corrected chi connectivity index (χ3v) is 2.08. The molecule has 0 spiro atoms. The van der Waals surface area contributed by atoms with E-state index >= 15 is 0 Å². The summed E-state index contributed by atoms with van der Waals surface area (Å²) in [6, 6.07) is 0. The first-order valence-electron chi connectivity index (χ1n) is 4.56. The van der Waals surface area contributed by atoms with Crippen molar-refractivity contribution in [3.63, 3.8) is 0 Å². The molecular weight excluding hydrogens is 154 g/mol. The van der Waals surface area contributed by atoms with Crippen LogP contribution in [0.1, 0.15) is 26.7 Å². The van der Waals surface area contributed by atoms with Gasteiger partial charge in [-0.15, -0.1) is 0 Å². The molecule has 12 heavy (non-hydrogen) atoms. The molecule has 0 amide bonds. The van der Waals surface area contributed by atoms with Crippen molar-refractivity contribution in [1.29, 1.82) is 0 Å². The largest absolute Gasteiger partial charge is 0.355 e. The molecule has 0 aromatic carbocycles. The minimum Gasteiger partial charge on any atom is -0.355 e. The second-order valence-corrected chi connectivity index (χ2v) is 4.04. The highest BCUT2D eigenvalue weighted by molar-refractivity contribution is 4.72. The van der Waals surface area contributed by atoms with Crippen LogP contribution in [0, 0.1) is 5.92 Å². The van der Waals surface area contributed by atoms with Gasteiger partial charge in [-0.05, 0) is 32.6 Å². The Kier molecular flexibility index (Phi) is 3.50. The van der Waals surface area contributed by atoms with E-state index in [1.165, 1.54) is 12.8 Å². The third kappa shape index (κ3) is 4.04. The molecule has 1 fully saturated rings. The molecule has 1 aliphatic rings. The Labute approximate surface area is 74.2 Å². The smallest absolute Gasteiger partial charge is 0.147 e. The summed E-state index contributed by atoms with van der Waals surface area (Å²) in [5, 5.41) is 0. The van der Waals surface area contributed by atoms with Crippen molar-refractivity contribution in [2.24, 2.45) is 11.7 Å². The van der Waals surface area contributed by atoms with Gasteiger partial charge in [0.05, 0.1) is 12.2 Å². The Hall–Kier alpha value is -0.120. The predicted octanol–water partition coefficient (Wildman–Crippen LogP) is 1.12. The Balaban J connectivity index is 1.92. The molecule has 0 radical (unpaired) electrons. The molecule has 1 aliphatic carbocycles. The van der Waals surface area contributed by atoms with Crippen molar-refractivity contribution in [3.8, 4) is 0 Å². The lowest BCUT2D eigenvalue weighted by Crippen LogP contribution is -2.34. The molecule has 3 nitrogen and oxygen atoms in total. The maximum Gasteiger partial charge on any atom is 0.147 e. The van der Waals surface area contributed by atoms with Gasteiger partial charge in [0.1, 0.15) is 6.79 Å². The fourth-order valence-corrected chi connectivity index (χ4v) is 0.759. The van der Waals surface area contributed by atoms with Crippen LogP contribution >= 0.6 is 0 Å². The van der Waals surface area contributed by atoms with Gasteiger partial charge in [0, 0.05) is 6.54 Å². The average Bonchev–Trinajstić information content (AvgIpc) is 2.82. The van der Waals surface area contributed by atoms with Crippen molar-refractivity contribution < 1.29 is 9.47 Å². The minimum atomic E-state index is -0.246. The summed E-state index contributed by atoms with van der Waals surface area (Å²) in [4.78, 5) is 0. The van der Waals surface area contributed by atoms with Crippen molar-refractivity contribution in [2.45, 2.75) is 32.3 Å². The number of ether oxygens (including phenoxy) is 2. The Bertz CT molecular complexity index is 132. The van der Waals surface area contributed by atoms with Gasteiger partial charge in [0.2, 0.25) is 0 Å². The molecule has 72 valence electrons. The van der Waals surface area contributed by atoms with Crippen LogP contribution in [-0.4, -0.2) is 25.5 Å². The molecule has 1 rings (SSSR count). The maximum atomic E-state index is 5.48. The van der Waals surface area contributed by atoms with Crippen LogP contribution in [0.25, 0.3) is 0 Å². The number of rotatable bonds is 6. The molecule has 0 atom stereocenters. The summed E-state index contributed by atoms with van der Waals surface area (Å²) in [6.45, 7) is 5.68. The Morgan fingerprint density at radius 3 is 2.58 bits per heavy atom. The standard InChI is InChI=1S/C9H19NO2/c1-9(2,6-10)12-7-11-5-8-3-4-8/h8H,3-7,10H2,1-2H3. The molecule has 0 saturated heterocycles. The second kappa shape index (κ2) is 4.21. The van der Waals surface area contributed by atoms with E-state index in [9.17, 15) is 0 Å². The lowest BCUT2D eigenvalue weighted by atomic mass is 10.1. The van der Waals surface area contributed by atoms with E-state index in [0.29, 0.717) is 13.3 Å². The highest BCUT2D eigenvalue weighted by Crippen LogP contribution is 2.28. The Morgan fingerprint density at radius 1 is 1.42 bits per heavy atom. The van der Waals surface area contributed by atoms with E-state index in [4.69, 9.17) is 15.2 Å². The molecule has 1 saturated carbocycles. The molecule has 0 bridgehead atoms. The first kappa shape index (κ1) is 9.96. The highest BCUT2D eigenvalue weighted by Gasteiger charge is 2.22. The number of hydrogen-bond donors (Lipinski definition) is 1. The van der Waals surface area contributed by atoms with E-state index < -0.39 is 0 Å². The third-order valence-electron chi connectivity index (χ3n) is 2.08. The second-order valence-electron chi connectivity index (χ2n) is 4.04. The van der Waals surface area contributed by atoms with E-state index in [-0.39, 0.29) is 5.60 Å². The topological polar surface area (TPSA) is 44.5 Å². The summed E-state index contributed by atoms with van der Waals surface area (Å²) in [6.07, 6.45) is 2.64. The molecule has 0 aromatic heterocycles. The molecule has 0 heterocycles. The fraction of sp³-hybridized carbons (Fsp3) is 1.00. The van der Waals surface area contributed by atoms with Crippen molar-refractivity contribution in [2.75, 3.05) is 19.9 Å². The van der Waals surface area contributed by atoms with Crippen molar-refractivity contribution in [1.82, 2.24) is 0 Å². The monoisotopic (exact) mass is 173 g/mol. The van der Waals surface area contributed by atoms with Gasteiger partial charge in [-0.2, -0.15) is 0 Å². The first-order valence-corrected chi connectivity index (χ1v) is 4.56. The quantitative estimate of drug-likeness (QED) is 0.483. The van der Waals surface area contributed by atoms with Gasteiger partial charge in [0.15, 0.2) is 0 Å². The van der Waals surface area contributed by atoms with Crippen LogP contribution < -0.4 is 5.73 Å². The van der Waals surface area contributed by atoms with Gasteiger partial charge >= 0.3 is 0 Å². The Morgan fingerprint density at radius 2 is 2.08 bits per heavy atom. The normalized spacial score (nSPS) is 18.2. The van der Waals surface area contributed by atoms with Crippen molar-refractivity contribution >= 4 is 0 Å². The summed E-state index contributed by atoms with van der Waals surface area (Å²) in [5.74, 6) is 0.801. The van der Waals surface area contributed by atoms with Crippen molar-refractivity contribution in [3.05, 3.63) is 0 Å². The maximum absolute atomic E-state index is 5.48. The van der Waals surface area contributed by atoms with Gasteiger partial charge in [-0.3, -0.25) is 0 Å². The lowest BCUT2D eigenvalue weighted by Gasteiger charge is -2.22. The summed E-state index contributed by atoms with van der Waals surface area (Å²) in [5.41, 5.74) is 5.23. The van der Waals surface area contributed by atoms with Gasteiger partial charge in [-0.25, -0.2) is 0 Å². The van der Waals surface area contributed by atoms with E-state index in [1.54, 1.807) is 0 Å². The zero-order chi connectivity index (χ0) is 9.03. The highest BCUT2D eigenvalue weighted by atomic mass is 16.7. The summed E-state index contributed by atoms with van der Waals surface area (Å²) >= 11 is 0. The van der Waals surface area contributed by atoms with Crippen LogP contribution in [0.15, 0.2) is 0 Å². The molecule has 0 unspecified atom stereocenters. The van der Waals surface area contributed by atoms with Crippen LogP contribution in [0.3, 0.4) is 0 Å². The fourth-order valence-electron chi connectivity index (χ4n) is 0.759. The van der Waals surface area contributed by atoms with Gasteiger partial charge < -0.3 is 15.2 Å². The molecule has 2 N–H and O–H groups in total. The molecule has 0 aliphatic heterocycles. The summed E-state index contributed by atoms with van der Waals surface area (Å²) in [7, 11) is 0. The predicted molar refractivity (Wildman–Crippen MR) is 47.8 cm³/mol. The first-order chi connectivity index (χ1) is 5.64.